The summed E-state index contributed by atoms with van der Waals surface area (Å²) < 4.78 is 62.4. The average Bonchev–Trinajstić information content (AvgIpc) is 3.29. The topological polar surface area (TPSA) is 106 Å². The molecule has 10 heteroatoms. The summed E-state index contributed by atoms with van der Waals surface area (Å²) in [5.74, 6) is 0.277. The molecule has 0 bridgehead atoms. The van der Waals surface area contributed by atoms with Gasteiger partial charge in [-0.25, -0.2) is 16.8 Å². The van der Waals surface area contributed by atoms with Crippen LogP contribution >= 0.6 is 0 Å². The molecule has 166 valence electrons. The summed E-state index contributed by atoms with van der Waals surface area (Å²) in [5, 5.41) is 2.08. The van der Waals surface area contributed by atoms with Gasteiger partial charge in [-0.2, -0.15) is 0 Å². The lowest BCUT2D eigenvalue weighted by Crippen LogP contribution is -2.46. The third-order valence-corrected chi connectivity index (χ3v) is 9.56. The summed E-state index contributed by atoms with van der Waals surface area (Å²) in [4.78, 5) is 1.96. The SMILES string of the molecule is COc1ccc(C)cc1S(=O)(=O)[C@H]1CS(=O)(=O)C[C@@H]1NCC(c1ccco1)N(C)C. The number of benzene rings is 1. The number of rotatable bonds is 8. The lowest BCUT2D eigenvalue weighted by atomic mass is 10.2. The van der Waals surface area contributed by atoms with Gasteiger partial charge in [0, 0.05) is 12.6 Å². The predicted octanol–water partition coefficient (Wildman–Crippen LogP) is 1.43. The molecule has 1 aliphatic rings. The van der Waals surface area contributed by atoms with Gasteiger partial charge >= 0.3 is 0 Å². The monoisotopic (exact) mass is 456 g/mol. The number of sulfone groups is 2. The first-order valence-electron chi connectivity index (χ1n) is 9.57. The number of methoxy groups -OCH3 is 1. The van der Waals surface area contributed by atoms with E-state index in [9.17, 15) is 16.8 Å². The molecule has 1 aromatic carbocycles. The molecule has 1 aliphatic heterocycles. The highest BCUT2D eigenvalue weighted by atomic mass is 32.2. The van der Waals surface area contributed by atoms with Crippen molar-refractivity contribution in [3.8, 4) is 5.75 Å². The molecule has 0 spiro atoms. The molecule has 1 fully saturated rings. The highest BCUT2D eigenvalue weighted by Crippen LogP contribution is 2.32. The first kappa shape index (κ1) is 22.8. The Morgan fingerprint density at radius 3 is 2.60 bits per heavy atom. The van der Waals surface area contributed by atoms with E-state index in [1.165, 1.54) is 13.2 Å². The Morgan fingerprint density at radius 2 is 2.00 bits per heavy atom. The first-order chi connectivity index (χ1) is 14.0. The lowest BCUT2D eigenvalue weighted by molar-refractivity contribution is 0.245. The fourth-order valence-electron chi connectivity index (χ4n) is 3.76. The second-order valence-corrected chi connectivity index (χ2v) is 12.1. The fraction of sp³-hybridized carbons (Fsp3) is 0.500. The zero-order valence-electron chi connectivity index (χ0n) is 17.5. The van der Waals surface area contributed by atoms with Crippen molar-refractivity contribution in [2.24, 2.45) is 0 Å². The van der Waals surface area contributed by atoms with Crippen molar-refractivity contribution in [1.82, 2.24) is 10.2 Å². The molecule has 2 heterocycles. The van der Waals surface area contributed by atoms with Crippen molar-refractivity contribution in [3.63, 3.8) is 0 Å². The normalized spacial score (nSPS) is 22.3. The minimum atomic E-state index is -3.95. The van der Waals surface area contributed by atoms with E-state index in [1.54, 1.807) is 31.4 Å². The van der Waals surface area contributed by atoms with E-state index in [2.05, 4.69) is 5.32 Å². The maximum atomic E-state index is 13.5. The number of nitrogens with one attached hydrogen (secondary N) is 1. The number of hydrogen-bond donors (Lipinski definition) is 1. The second-order valence-electron chi connectivity index (χ2n) is 7.82. The smallest absolute Gasteiger partial charge is 0.187 e. The van der Waals surface area contributed by atoms with Gasteiger partial charge in [0.05, 0.1) is 36.2 Å². The van der Waals surface area contributed by atoms with E-state index >= 15 is 0 Å². The summed E-state index contributed by atoms with van der Waals surface area (Å²) in [5.41, 5.74) is 0.755. The summed E-state index contributed by atoms with van der Waals surface area (Å²) >= 11 is 0. The van der Waals surface area contributed by atoms with Crippen LogP contribution in [-0.2, 0) is 19.7 Å². The van der Waals surface area contributed by atoms with Crippen molar-refractivity contribution >= 4 is 19.7 Å². The van der Waals surface area contributed by atoms with Gasteiger partial charge in [-0.15, -0.1) is 0 Å². The molecule has 30 heavy (non-hydrogen) atoms. The van der Waals surface area contributed by atoms with E-state index in [0.717, 1.165) is 5.56 Å². The molecule has 1 unspecified atom stereocenters. The number of likely N-dealkylation sites (N-methyl/N-ethyl adjacent to an activating group) is 1. The van der Waals surface area contributed by atoms with E-state index in [4.69, 9.17) is 9.15 Å². The van der Waals surface area contributed by atoms with Gasteiger partial charge < -0.3 is 14.5 Å². The Labute approximate surface area is 178 Å². The number of ether oxygens (including phenoxy) is 1. The van der Waals surface area contributed by atoms with Gasteiger partial charge in [0.25, 0.3) is 0 Å². The number of aryl methyl sites for hydroxylation is 1. The molecule has 1 N–H and O–H groups in total. The molecule has 2 aromatic rings. The fourth-order valence-corrected chi connectivity index (χ4v) is 8.72. The van der Waals surface area contributed by atoms with Crippen LogP contribution in [0.15, 0.2) is 45.9 Å². The molecule has 0 radical (unpaired) electrons. The van der Waals surface area contributed by atoms with Crippen LogP contribution in [0.5, 0.6) is 5.75 Å². The largest absolute Gasteiger partial charge is 0.495 e. The maximum Gasteiger partial charge on any atom is 0.187 e. The number of hydrogen-bond acceptors (Lipinski definition) is 8. The van der Waals surface area contributed by atoms with Crippen molar-refractivity contribution in [1.29, 1.82) is 0 Å². The Kier molecular flexibility index (Phi) is 6.61. The van der Waals surface area contributed by atoms with Gasteiger partial charge in [-0.1, -0.05) is 6.07 Å². The Balaban J connectivity index is 1.90. The summed E-state index contributed by atoms with van der Waals surface area (Å²) in [6.45, 7) is 2.13. The molecule has 0 amide bonds. The van der Waals surface area contributed by atoms with Crippen LogP contribution in [-0.4, -0.2) is 72.3 Å². The van der Waals surface area contributed by atoms with E-state index in [1.807, 2.05) is 25.1 Å². The highest BCUT2D eigenvalue weighted by molar-refractivity contribution is 7.96. The van der Waals surface area contributed by atoms with Crippen LogP contribution in [0.3, 0.4) is 0 Å². The average molecular weight is 457 g/mol. The van der Waals surface area contributed by atoms with Crippen LogP contribution in [0.2, 0.25) is 0 Å². The second kappa shape index (κ2) is 8.70. The predicted molar refractivity (Wildman–Crippen MR) is 114 cm³/mol. The molecular weight excluding hydrogens is 428 g/mol. The molecular formula is C20H28N2O6S2. The first-order valence-corrected chi connectivity index (χ1v) is 12.9. The van der Waals surface area contributed by atoms with E-state index in [-0.39, 0.29) is 22.4 Å². The zero-order valence-corrected chi connectivity index (χ0v) is 19.2. The van der Waals surface area contributed by atoms with Crippen molar-refractivity contribution in [2.75, 3.05) is 39.3 Å². The van der Waals surface area contributed by atoms with Crippen LogP contribution in [0.4, 0.5) is 0 Å². The third kappa shape index (κ3) is 4.72. The van der Waals surface area contributed by atoms with Gasteiger partial charge in [0.1, 0.15) is 16.4 Å². The van der Waals surface area contributed by atoms with E-state index < -0.39 is 36.7 Å². The Hall–Kier alpha value is -1.88. The minimum Gasteiger partial charge on any atom is -0.495 e. The van der Waals surface area contributed by atoms with Gasteiger partial charge in [0.15, 0.2) is 19.7 Å². The highest BCUT2D eigenvalue weighted by Gasteiger charge is 2.46. The maximum absolute atomic E-state index is 13.5. The molecule has 1 aromatic heterocycles. The zero-order chi connectivity index (χ0) is 22.1. The molecule has 3 atom stereocenters. The lowest BCUT2D eigenvalue weighted by Gasteiger charge is -2.26. The third-order valence-electron chi connectivity index (χ3n) is 5.39. The van der Waals surface area contributed by atoms with Crippen LogP contribution in [0.1, 0.15) is 17.4 Å². The molecule has 8 nitrogen and oxygen atoms in total. The van der Waals surface area contributed by atoms with Gasteiger partial charge in [-0.05, 0) is 50.8 Å². The van der Waals surface area contributed by atoms with E-state index in [0.29, 0.717) is 12.3 Å². The Bertz CT molecular complexity index is 1080. The molecule has 3 rings (SSSR count). The summed E-state index contributed by atoms with van der Waals surface area (Å²) in [6, 6.07) is 7.59. The van der Waals surface area contributed by atoms with Crippen molar-refractivity contribution < 1.29 is 26.0 Å². The van der Waals surface area contributed by atoms with Crippen LogP contribution in [0, 0.1) is 6.92 Å². The summed E-state index contributed by atoms with van der Waals surface area (Å²) in [6.07, 6.45) is 1.57. The standard InChI is InChI=1S/C20H28N2O6S2/c1-14-7-8-18(27-4)19(10-14)30(25,26)20-13-29(23,24)12-15(20)21-11-16(22(2)3)17-6-5-9-28-17/h5-10,15-16,20-21H,11-13H2,1-4H3/t15-,16?,20-/m0/s1. The van der Waals surface area contributed by atoms with Crippen molar-refractivity contribution in [3.05, 3.63) is 47.9 Å². The van der Waals surface area contributed by atoms with Gasteiger partial charge in [-0.3, -0.25) is 4.90 Å². The van der Waals surface area contributed by atoms with Crippen molar-refractivity contribution in [2.45, 2.75) is 29.2 Å². The molecule has 0 aliphatic carbocycles. The quantitative estimate of drug-likeness (QED) is 0.636. The van der Waals surface area contributed by atoms with Crippen LogP contribution in [0.25, 0.3) is 0 Å². The number of nitrogens with zero attached hydrogens (tertiary/aromatic N) is 1. The molecule has 0 saturated carbocycles. The van der Waals surface area contributed by atoms with Gasteiger partial charge in [0.2, 0.25) is 0 Å². The summed E-state index contributed by atoms with van der Waals surface area (Å²) in [7, 11) is -2.30. The minimum absolute atomic E-state index is 0.0223. The van der Waals surface area contributed by atoms with Crippen LogP contribution < -0.4 is 10.1 Å². The molecule has 1 saturated heterocycles. The number of furan rings is 1. The Morgan fingerprint density at radius 1 is 1.27 bits per heavy atom.